The van der Waals surface area contributed by atoms with Gasteiger partial charge < -0.3 is 10.1 Å². The van der Waals surface area contributed by atoms with Crippen LogP contribution in [-0.2, 0) is 9.59 Å². The number of carbonyl (C=O) groups excluding carboxylic acids is 2. The van der Waals surface area contributed by atoms with Crippen molar-refractivity contribution in [2.75, 3.05) is 13.2 Å². The van der Waals surface area contributed by atoms with Crippen LogP contribution >= 0.6 is 0 Å². The monoisotopic (exact) mass is 391 g/mol. The molecule has 0 fully saturated rings. The summed E-state index contributed by atoms with van der Waals surface area (Å²) in [5.41, 5.74) is 5.89. The first-order valence-corrected chi connectivity index (χ1v) is 8.98. The first-order chi connectivity index (χ1) is 14.1. The van der Waals surface area contributed by atoms with Gasteiger partial charge in [0.25, 0.3) is 11.8 Å². The maximum atomic E-state index is 11.8. The van der Waals surface area contributed by atoms with E-state index in [9.17, 15) is 9.59 Å². The predicted octanol–water partition coefficient (Wildman–Crippen LogP) is 2.03. The SMILES string of the molecule is Cc1cccc(OCC(=O)NCC(=O)NN=Cc2cn[nH]c2-c2ccccc2)c1. The number of aromatic nitrogens is 2. The first-order valence-electron chi connectivity index (χ1n) is 8.98. The summed E-state index contributed by atoms with van der Waals surface area (Å²) >= 11 is 0. The Morgan fingerprint density at radius 1 is 1.14 bits per heavy atom. The maximum absolute atomic E-state index is 11.8. The molecule has 0 atom stereocenters. The summed E-state index contributed by atoms with van der Waals surface area (Å²) in [7, 11) is 0. The number of nitrogens with one attached hydrogen (secondary N) is 3. The summed E-state index contributed by atoms with van der Waals surface area (Å²) in [6.45, 7) is 1.56. The van der Waals surface area contributed by atoms with Crippen molar-refractivity contribution in [3.8, 4) is 17.0 Å². The van der Waals surface area contributed by atoms with Gasteiger partial charge in [0.1, 0.15) is 5.75 Å². The lowest BCUT2D eigenvalue weighted by Crippen LogP contribution is -2.37. The minimum atomic E-state index is -0.449. The van der Waals surface area contributed by atoms with E-state index >= 15 is 0 Å². The molecule has 0 spiro atoms. The van der Waals surface area contributed by atoms with E-state index in [0.29, 0.717) is 5.75 Å². The molecule has 148 valence electrons. The lowest BCUT2D eigenvalue weighted by atomic mass is 10.1. The van der Waals surface area contributed by atoms with Crippen LogP contribution in [0.1, 0.15) is 11.1 Å². The largest absolute Gasteiger partial charge is 0.484 e. The minimum Gasteiger partial charge on any atom is -0.484 e. The van der Waals surface area contributed by atoms with Crippen molar-refractivity contribution in [2.45, 2.75) is 6.92 Å². The van der Waals surface area contributed by atoms with Crippen molar-refractivity contribution < 1.29 is 14.3 Å². The number of rotatable bonds is 8. The second kappa shape index (κ2) is 9.84. The summed E-state index contributed by atoms with van der Waals surface area (Å²) in [5.74, 6) is -0.245. The Kier molecular flexibility index (Phi) is 6.72. The number of ether oxygens (including phenoxy) is 1. The zero-order chi connectivity index (χ0) is 20.5. The Hall–Kier alpha value is -3.94. The Bertz CT molecular complexity index is 998. The average Bonchev–Trinajstić information content (AvgIpc) is 3.20. The van der Waals surface area contributed by atoms with Gasteiger partial charge in [0.2, 0.25) is 0 Å². The summed E-state index contributed by atoms with van der Waals surface area (Å²) < 4.78 is 5.38. The number of hydrogen-bond acceptors (Lipinski definition) is 5. The van der Waals surface area contributed by atoms with Gasteiger partial charge in [-0.1, -0.05) is 42.5 Å². The van der Waals surface area contributed by atoms with Gasteiger partial charge in [-0.15, -0.1) is 0 Å². The zero-order valence-corrected chi connectivity index (χ0v) is 15.9. The molecule has 2 amide bonds. The van der Waals surface area contributed by atoms with E-state index in [1.807, 2.05) is 55.5 Å². The molecule has 0 aliphatic carbocycles. The topological polar surface area (TPSA) is 108 Å². The van der Waals surface area contributed by atoms with E-state index in [2.05, 4.69) is 26.0 Å². The van der Waals surface area contributed by atoms with Crippen molar-refractivity contribution in [1.82, 2.24) is 20.9 Å². The molecule has 8 nitrogen and oxygen atoms in total. The Labute approximate surface area is 168 Å². The fourth-order valence-corrected chi connectivity index (χ4v) is 2.53. The molecule has 29 heavy (non-hydrogen) atoms. The van der Waals surface area contributed by atoms with Crippen LogP contribution in [0.25, 0.3) is 11.3 Å². The lowest BCUT2D eigenvalue weighted by molar-refractivity contribution is -0.127. The second-order valence-corrected chi connectivity index (χ2v) is 6.24. The van der Waals surface area contributed by atoms with Gasteiger partial charge in [-0.05, 0) is 24.6 Å². The van der Waals surface area contributed by atoms with Crippen LogP contribution in [0.15, 0.2) is 65.9 Å². The molecule has 3 rings (SSSR count). The molecule has 0 aliphatic heterocycles. The fourth-order valence-electron chi connectivity index (χ4n) is 2.53. The van der Waals surface area contributed by atoms with Crippen LogP contribution in [0.4, 0.5) is 0 Å². The predicted molar refractivity (Wildman–Crippen MR) is 109 cm³/mol. The third-order valence-electron chi connectivity index (χ3n) is 3.93. The van der Waals surface area contributed by atoms with E-state index in [1.165, 1.54) is 6.21 Å². The second-order valence-electron chi connectivity index (χ2n) is 6.24. The number of benzene rings is 2. The van der Waals surface area contributed by atoms with Gasteiger partial charge >= 0.3 is 0 Å². The van der Waals surface area contributed by atoms with Crippen LogP contribution in [0.2, 0.25) is 0 Å². The van der Waals surface area contributed by atoms with Crippen LogP contribution in [0.3, 0.4) is 0 Å². The van der Waals surface area contributed by atoms with Crippen LogP contribution in [0, 0.1) is 6.92 Å². The zero-order valence-electron chi connectivity index (χ0n) is 15.9. The van der Waals surface area contributed by atoms with Crippen LogP contribution < -0.4 is 15.5 Å². The molecular formula is C21H21N5O3. The van der Waals surface area contributed by atoms with Gasteiger partial charge in [-0.25, -0.2) is 5.43 Å². The standard InChI is InChI=1S/C21H21N5O3/c1-15-6-5-9-18(10-15)29-14-20(28)22-13-19(27)25-23-11-17-12-24-26-21(17)16-7-3-2-4-8-16/h2-12H,13-14H2,1H3,(H,22,28)(H,24,26)(H,25,27). The van der Waals surface area contributed by atoms with Crippen molar-refractivity contribution in [2.24, 2.45) is 5.10 Å². The number of amides is 2. The van der Waals surface area contributed by atoms with E-state index < -0.39 is 11.8 Å². The molecule has 0 saturated heterocycles. The molecule has 0 aliphatic rings. The first kappa shape index (κ1) is 19.8. The lowest BCUT2D eigenvalue weighted by Gasteiger charge is -2.07. The molecule has 1 heterocycles. The average molecular weight is 391 g/mol. The molecule has 2 aromatic carbocycles. The Balaban J connectivity index is 1.42. The highest BCUT2D eigenvalue weighted by atomic mass is 16.5. The highest BCUT2D eigenvalue weighted by Gasteiger charge is 2.07. The van der Waals surface area contributed by atoms with Crippen molar-refractivity contribution in [1.29, 1.82) is 0 Å². The third-order valence-corrected chi connectivity index (χ3v) is 3.93. The Morgan fingerprint density at radius 2 is 1.97 bits per heavy atom. The third kappa shape index (κ3) is 6.03. The van der Waals surface area contributed by atoms with Crippen molar-refractivity contribution in [3.05, 3.63) is 71.9 Å². The number of aryl methyl sites for hydroxylation is 1. The van der Waals surface area contributed by atoms with Crippen molar-refractivity contribution >= 4 is 18.0 Å². The number of hydrogen-bond donors (Lipinski definition) is 3. The van der Waals surface area contributed by atoms with Gasteiger partial charge in [-0.3, -0.25) is 14.7 Å². The number of carbonyl (C=O) groups is 2. The number of nitrogens with zero attached hydrogens (tertiary/aromatic N) is 2. The minimum absolute atomic E-state index is 0.171. The van der Waals surface area contributed by atoms with E-state index in [1.54, 1.807) is 12.3 Å². The van der Waals surface area contributed by atoms with Gasteiger partial charge in [0, 0.05) is 11.1 Å². The number of aromatic amines is 1. The van der Waals surface area contributed by atoms with Gasteiger partial charge in [0.05, 0.1) is 24.7 Å². The summed E-state index contributed by atoms with van der Waals surface area (Å²) in [6, 6.07) is 17.0. The van der Waals surface area contributed by atoms with Crippen LogP contribution in [0.5, 0.6) is 5.75 Å². The van der Waals surface area contributed by atoms with E-state index in [4.69, 9.17) is 4.74 Å². The molecule has 0 saturated carbocycles. The summed E-state index contributed by atoms with van der Waals surface area (Å²) in [4.78, 5) is 23.6. The number of hydrazone groups is 1. The summed E-state index contributed by atoms with van der Waals surface area (Å²) in [6.07, 6.45) is 3.11. The molecule has 0 unspecified atom stereocenters. The molecule has 3 aromatic rings. The molecule has 8 heteroatoms. The van der Waals surface area contributed by atoms with Crippen molar-refractivity contribution in [3.63, 3.8) is 0 Å². The quantitative estimate of drug-likeness (QED) is 0.403. The van der Waals surface area contributed by atoms with Gasteiger partial charge in [0.15, 0.2) is 6.61 Å². The molecule has 0 radical (unpaired) electrons. The number of H-pyrrole nitrogens is 1. The Morgan fingerprint density at radius 3 is 2.76 bits per heavy atom. The normalized spacial score (nSPS) is 10.7. The van der Waals surface area contributed by atoms with Crippen LogP contribution in [-0.4, -0.2) is 41.4 Å². The molecule has 3 N–H and O–H groups in total. The molecule has 0 bridgehead atoms. The maximum Gasteiger partial charge on any atom is 0.259 e. The molecular weight excluding hydrogens is 370 g/mol. The molecule has 1 aromatic heterocycles. The highest BCUT2D eigenvalue weighted by molar-refractivity contribution is 5.90. The highest BCUT2D eigenvalue weighted by Crippen LogP contribution is 2.18. The van der Waals surface area contributed by atoms with E-state index in [-0.39, 0.29) is 13.2 Å². The fraction of sp³-hybridized carbons (Fsp3) is 0.143. The summed E-state index contributed by atoms with van der Waals surface area (Å²) in [5, 5.41) is 13.3. The van der Waals surface area contributed by atoms with E-state index in [0.717, 1.165) is 22.4 Å². The van der Waals surface area contributed by atoms with Gasteiger partial charge in [-0.2, -0.15) is 10.2 Å². The smallest absolute Gasteiger partial charge is 0.259 e.